The van der Waals surface area contributed by atoms with Crippen molar-refractivity contribution in [2.45, 2.75) is 44.7 Å². The Kier molecular flexibility index (Phi) is 5.15. The van der Waals surface area contributed by atoms with E-state index in [1.807, 2.05) is 35.0 Å². The zero-order chi connectivity index (χ0) is 19.8. The summed E-state index contributed by atoms with van der Waals surface area (Å²) in [6.45, 7) is 0.289. The first-order chi connectivity index (χ1) is 13.4. The number of carbonyl (C=O) groups excluding carboxylic acids is 2. The van der Waals surface area contributed by atoms with Crippen molar-refractivity contribution >= 4 is 28.4 Å². The van der Waals surface area contributed by atoms with Crippen LogP contribution >= 0.6 is 0 Å². The summed E-state index contributed by atoms with van der Waals surface area (Å²) in [4.78, 5) is 26.6. The second kappa shape index (κ2) is 7.59. The van der Waals surface area contributed by atoms with Crippen LogP contribution < -0.4 is 11.1 Å². The molecule has 150 valence electrons. The Balaban J connectivity index is 1.48. The number of amides is 2. The highest BCUT2D eigenvalue weighted by Gasteiger charge is 2.40. The fourth-order valence-electron chi connectivity index (χ4n) is 4.93. The Morgan fingerprint density at radius 3 is 2.57 bits per heavy atom. The highest BCUT2D eigenvalue weighted by atomic mass is 16.2. The lowest BCUT2D eigenvalue weighted by Gasteiger charge is -2.43. The second-order valence-electron chi connectivity index (χ2n) is 8.69. The molecule has 1 aromatic heterocycles. The molecule has 1 aromatic carbocycles. The van der Waals surface area contributed by atoms with Gasteiger partial charge in [0, 0.05) is 37.9 Å². The minimum Gasteiger partial charge on any atom is -0.347 e. The van der Waals surface area contributed by atoms with Gasteiger partial charge in [-0.15, -0.1) is 0 Å². The number of likely N-dealkylation sites (N-methyl/N-ethyl adjacent to an activating group) is 1. The summed E-state index contributed by atoms with van der Waals surface area (Å²) >= 11 is 0. The molecule has 6 nitrogen and oxygen atoms in total. The maximum atomic E-state index is 12.9. The van der Waals surface area contributed by atoms with Crippen LogP contribution in [0, 0.1) is 17.8 Å². The van der Waals surface area contributed by atoms with Gasteiger partial charge in [-0.2, -0.15) is 0 Å². The van der Waals surface area contributed by atoms with Crippen molar-refractivity contribution in [3.63, 3.8) is 0 Å². The first-order valence-electron chi connectivity index (χ1n) is 10.3. The number of rotatable bonds is 4. The van der Waals surface area contributed by atoms with Crippen LogP contribution in [0.4, 0.5) is 5.69 Å². The average molecular weight is 383 g/mol. The maximum absolute atomic E-state index is 12.9. The Labute approximate surface area is 166 Å². The van der Waals surface area contributed by atoms with Crippen LogP contribution in [-0.2, 0) is 16.1 Å². The quantitative estimate of drug-likeness (QED) is 0.853. The lowest BCUT2D eigenvalue weighted by atomic mass is 9.65. The molecule has 0 saturated heterocycles. The van der Waals surface area contributed by atoms with E-state index in [4.69, 9.17) is 5.73 Å². The monoisotopic (exact) mass is 382 g/mol. The van der Waals surface area contributed by atoms with Gasteiger partial charge in [-0.05, 0) is 61.1 Å². The van der Waals surface area contributed by atoms with Crippen LogP contribution in [0.3, 0.4) is 0 Å². The number of benzene rings is 1. The van der Waals surface area contributed by atoms with E-state index in [0.29, 0.717) is 11.8 Å². The van der Waals surface area contributed by atoms with Gasteiger partial charge in [0.25, 0.3) is 0 Å². The van der Waals surface area contributed by atoms with Crippen LogP contribution in [-0.4, -0.2) is 41.4 Å². The van der Waals surface area contributed by atoms with E-state index in [1.54, 1.807) is 19.0 Å². The topological polar surface area (TPSA) is 80.4 Å². The fourth-order valence-corrected chi connectivity index (χ4v) is 4.93. The smallest absolute Gasteiger partial charge is 0.241 e. The molecule has 1 heterocycles. The summed E-state index contributed by atoms with van der Waals surface area (Å²) in [7, 11) is 3.51. The maximum Gasteiger partial charge on any atom is 0.241 e. The predicted octanol–water partition coefficient (Wildman–Crippen LogP) is 2.82. The minimum absolute atomic E-state index is 0.0389. The molecule has 0 spiro atoms. The summed E-state index contributed by atoms with van der Waals surface area (Å²) in [6, 6.07) is 8.16. The highest BCUT2D eigenvalue weighted by molar-refractivity contribution is 5.95. The lowest BCUT2D eigenvalue weighted by molar-refractivity contribution is -0.129. The zero-order valence-electron chi connectivity index (χ0n) is 16.7. The van der Waals surface area contributed by atoms with Crippen molar-refractivity contribution < 1.29 is 9.59 Å². The van der Waals surface area contributed by atoms with Crippen molar-refractivity contribution in [1.82, 2.24) is 9.47 Å². The molecular weight excluding hydrogens is 352 g/mol. The molecular formula is C22H30N4O2. The van der Waals surface area contributed by atoms with Gasteiger partial charge in [0.05, 0.1) is 5.52 Å². The Hall–Kier alpha value is -2.34. The Bertz CT molecular complexity index is 874. The van der Waals surface area contributed by atoms with Crippen molar-refractivity contribution in [3.8, 4) is 0 Å². The molecule has 2 aromatic rings. The molecule has 4 rings (SSSR count). The summed E-state index contributed by atoms with van der Waals surface area (Å²) < 4.78 is 1.93. The molecule has 3 N–H and O–H groups in total. The van der Waals surface area contributed by atoms with Gasteiger partial charge in [-0.1, -0.05) is 12.5 Å². The van der Waals surface area contributed by atoms with Gasteiger partial charge in [-0.25, -0.2) is 0 Å². The number of hydrogen-bond donors (Lipinski definition) is 2. The third kappa shape index (κ3) is 3.65. The molecule has 2 aliphatic carbocycles. The van der Waals surface area contributed by atoms with E-state index in [2.05, 4.69) is 5.32 Å². The SMILES string of the molecule is CN(C)C(=O)Cn1ccc2ccc(NC(=O)C3CC4CCCC(C3)C4N)cc21. The van der Waals surface area contributed by atoms with E-state index in [1.165, 1.54) is 6.42 Å². The zero-order valence-corrected chi connectivity index (χ0v) is 16.7. The number of anilines is 1. The van der Waals surface area contributed by atoms with Crippen LogP contribution in [0.2, 0.25) is 0 Å². The van der Waals surface area contributed by atoms with Gasteiger partial charge < -0.3 is 20.5 Å². The highest BCUT2D eigenvalue weighted by Crippen LogP contribution is 2.42. The molecule has 2 saturated carbocycles. The van der Waals surface area contributed by atoms with E-state index >= 15 is 0 Å². The third-order valence-electron chi connectivity index (χ3n) is 6.63. The molecule has 2 bridgehead atoms. The van der Waals surface area contributed by atoms with Gasteiger partial charge in [-0.3, -0.25) is 9.59 Å². The number of nitrogens with one attached hydrogen (secondary N) is 1. The van der Waals surface area contributed by atoms with Crippen molar-refractivity contribution in [2.75, 3.05) is 19.4 Å². The van der Waals surface area contributed by atoms with E-state index in [-0.39, 0.29) is 30.3 Å². The number of fused-ring (bicyclic) bond motifs is 3. The summed E-state index contributed by atoms with van der Waals surface area (Å²) in [5.41, 5.74) is 8.10. The van der Waals surface area contributed by atoms with Crippen LogP contribution in [0.15, 0.2) is 30.5 Å². The number of carbonyl (C=O) groups is 2. The summed E-state index contributed by atoms with van der Waals surface area (Å²) in [5, 5.41) is 4.17. The second-order valence-corrected chi connectivity index (χ2v) is 8.69. The molecule has 6 heteroatoms. The van der Waals surface area contributed by atoms with Crippen molar-refractivity contribution in [3.05, 3.63) is 30.5 Å². The summed E-state index contributed by atoms with van der Waals surface area (Å²) in [5.74, 6) is 1.16. The first-order valence-corrected chi connectivity index (χ1v) is 10.3. The van der Waals surface area contributed by atoms with Crippen LogP contribution in [0.5, 0.6) is 0 Å². The van der Waals surface area contributed by atoms with Gasteiger partial charge in [0.15, 0.2) is 0 Å². The predicted molar refractivity (Wildman–Crippen MR) is 111 cm³/mol. The Morgan fingerprint density at radius 2 is 1.89 bits per heavy atom. The van der Waals surface area contributed by atoms with Gasteiger partial charge in [0.1, 0.15) is 6.54 Å². The number of nitrogens with two attached hydrogens (primary N) is 1. The molecule has 0 aliphatic heterocycles. The first kappa shape index (κ1) is 19.0. The fraction of sp³-hybridized carbons (Fsp3) is 0.545. The molecule has 2 aliphatic rings. The molecule has 0 radical (unpaired) electrons. The largest absolute Gasteiger partial charge is 0.347 e. The molecule has 28 heavy (non-hydrogen) atoms. The lowest BCUT2D eigenvalue weighted by Crippen LogP contribution is -2.48. The average Bonchev–Trinajstić information content (AvgIpc) is 3.03. The molecule has 2 fully saturated rings. The van der Waals surface area contributed by atoms with Crippen molar-refractivity contribution in [2.24, 2.45) is 23.5 Å². The summed E-state index contributed by atoms with van der Waals surface area (Å²) in [6.07, 6.45) is 7.28. The molecule has 2 amide bonds. The van der Waals surface area contributed by atoms with Crippen LogP contribution in [0.1, 0.15) is 32.1 Å². The standard InChI is InChI=1S/C22H30N4O2/c1-25(2)20(27)13-26-9-8-14-6-7-18(12-19(14)26)24-22(28)17-10-15-4-3-5-16(11-17)21(15)23/h6-9,12,15-17,21H,3-5,10-11,13,23H2,1-2H3,(H,24,28). The number of hydrogen-bond acceptors (Lipinski definition) is 3. The molecule has 2 atom stereocenters. The van der Waals surface area contributed by atoms with Gasteiger partial charge in [0.2, 0.25) is 11.8 Å². The van der Waals surface area contributed by atoms with E-state index in [0.717, 1.165) is 42.3 Å². The van der Waals surface area contributed by atoms with Gasteiger partial charge >= 0.3 is 0 Å². The van der Waals surface area contributed by atoms with E-state index < -0.39 is 0 Å². The number of nitrogens with zero attached hydrogens (tertiary/aromatic N) is 2. The minimum atomic E-state index is 0.0389. The normalized spacial score (nSPS) is 26.8. The molecule has 2 unspecified atom stereocenters. The van der Waals surface area contributed by atoms with Crippen LogP contribution in [0.25, 0.3) is 10.9 Å². The van der Waals surface area contributed by atoms with E-state index in [9.17, 15) is 9.59 Å². The third-order valence-corrected chi connectivity index (χ3v) is 6.63. The number of aromatic nitrogens is 1. The Morgan fingerprint density at radius 1 is 1.18 bits per heavy atom. The van der Waals surface area contributed by atoms with Crippen molar-refractivity contribution in [1.29, 1.82) is 0 Å².